The highest BCUT2D eigenvalue weighted by molar-refractivity contribution is 5.94. The van der Waals surface area contributed by atoms with Crippen LogP contribution in [0.25, 0.3) is 0 Å². The lowest BCUT2D eigenvalue weighted by atomic mass is 10.0. The minimum Gasteiger partial charge on any atom is -0.350 e. The van der Waals surface area contributed by atoms with Gasteiger partial charge in [-0.2, -0.15) is 0 Å². The molecule has 0 aliphatic carbocycles. The minimum absolute atomic E-state index is 0.174. The molecular formula is C13H15F3N2O. The molecule has 1 aromatic carbocycles. The van der Waals surface area contributed by atoms with Crippen LogP contribution in [0.15, 0.2) is 12.1 Å². The number of benzene rings is 1. The van der Waals surface area contributed by atoms with E-state index >= 15 is 0 Å². The number of carbonyl (C=O) groups excluding carboxylic acids is 1. The van der Waals surface area contributed by atoms with Crippen molar-refractivity contribution in [2.24, 2.45) is 0 Å². The Morgan fingerprint density at radius 1 is 1.26 bits per heavy atom. The maximum atomic E-state index is 13.0. The summed E-state index contributed by atoms with van der Waals surface area (Å²) in [6, 6.07) is 1.57. The molecule has 6 heteroatoms. The third kappa shape index (κ3) is 3.47. The maximum absolute atomic E-state index is 13.0. The second-order valence-corrected chi connectivity index (χ2v) is 4.61. The smallest absolute Gasteiger partial charge is 0.251 e. The summed E-state index contributed by atoms with van der Waals surface area (Å²) in [4.78, 5) is 11.7. The highest BCUT2D eigenvalue weighted by atomic mass is 19.2. The predicted octanol–water partition coefficient (Wildman–Crippen LogP) is 1.98. The van der Waals surface area contributed by atoms with Crippen molar-refractivity contribution in [3.8, 4) is 0 Å². The summed E-state index contributed by atoms with van der Waals surface area (Å²) in [6.45, 7) is 1.29. The second-order valence-electron chi connectivity index (χ2n) is 4.61. The number of halogens is 3. The highest BCUT2D eigenvalue weighted by Crippen LogP contribution is 2.13. The number of rotatable bonds is 3. The van der Waals surface area contributed by atoms with E-state index in [1.165, 1.54) is 0 Å². The Labute approximate surface area is 109 Å². The Balaban J connectivity index is 1.96. The van der Waals surface area contributed by atoms with Crippen molar-refractivity contribution in [3.05, 3.63) is 35.1 Å². The van der Waals surface area contributed by atoms with E-state index in [9.17, 15) is 18.0 Å². The molecule has 0 bridgehead atoms. The van der Waals surface area contributed by atoms with E-state index in [1.54, 1.807) is 0 Å². The third-order valence-electron chi connectivity index (χ3n) is 3.17. The lowest BCUT2D eigenvalue weighted by molar-refractivity contribution is 0.0946. The Kier molecular flexibility index (Phi) is 4.42. The number of hydrogen-bond donors (Lipinski definition) is 2. The van der Waals surface area contributed by atoms with Gasteiger partial charge in [-0.25, -0.2) is 13.2 Å². The molecular weight excluding hydrogens is 257 g/mol. The number of piperidine rings is 1. The van der Waals surface area contributed by atoms with E-state index in [2.05, 4.69) is 10.6 Å². The average molecular weight is 272 g/mol. The van der Waals surface area contributed by atoms with E-state index in [0.29, 0.717) is 18.7 Å². The summed E-state index contributed by atoms with van der Waals surface area (Å²) < 4.78 is 38.7. The van der Waals surface area contributed by atoms with Crippen molar-refractivity contribution in [2.45, 2.75) is 25.3 Å². The standard InChI is InChI=1S/C13H15F3N2O/c14-10-5-8(6-11(15)12(10)16)13(19)18-7-9-3-1-2-4-17-9/h5-6,9,17H,1-4,7H2,(H,18,19). The molecule has 1 aliphatic heterocycles. The number of amides is 1. The van der Waals surface area contributed by atoms with Gasteiger partial charge < -0.3 is 10.6 Å². The predicted molar refractivity (Wildman–Crippen MR) is 64.3 cm³/mol. The van der Waals surface area contributed by atoms with Gasteiger partial charge in [0.1, 0.15) is 0 Å². The van der Waals surface area contributed by atoms with Gasteiger partial charge >= 0.3 is 0 Å². The minimum atomic E-state index is -1.56. The van der Waals surface area contributed by atoms with Crippen LogP contribution < -0.4 is 10.6 Å². The van der Waals surface area contributed by atoms with Crippen LogP contribution >= 0.6 is 0 Å². The summed E-state index contributed by atoms with van der Waals surface area (Å²) in [5.74, 6) is -4.89. The molecule has 0 aromatic heterocycles. The van der Waals surface area contributed by atoms with E-state index < -0.39 is 23.4 Å². The lowest BCUT2D eigenvalue weighted by Crippen LogP contribution is -2.43. The van der Waals surface area contributed by atoms with Gasteiger partial charge in [0.25, 0.3) is 5.91 Å². The van der Waals surface area contributed by atoms with E-state index in [-0.39, 0.29) is 11.6 Å². The largest absolute Gasteiger partial charge is 0.350 e. The Morgan fingerprint density at radius 3 is 2.53 bits per heavy atom. The van der Waals surface area contributed by atoms with Gasteiger partial charge in [0.2, 0.25) is 0 Å². The highest BCUT2D eigenvalue weighted by Gasteiger charge is 2.17. The summed E-state index contributed by atoms with van der Waals surface area (Å²) in [5, 5.41) is 5.82. The van der Waals surface area contributed by atoms with Gasteiger partial charge in [0.15, 0.2) is 17.5 Å². The van der Waals surface area contributed by atoms with E-state index in [4.69, 9.17) is 0 Å². The molecule has 1 fully saturated rings. The van der Waals surface area contributed by atoms with Crippen molar-refractivity contribution in [2.75, 3.05) is 13.1 Å². The topological polar surface area (TPSA) is 41.1 Å². The van der Waals surface area contributed by atoms with Gasteiger partial charge in [-0.05, 0) is 31.5 Å². The first-order valence-electron chi connectivity index (χ1n) is 6.24. The van der Waals surface area contributed by atoms with E-state index in [0.717, 1.165) is 25.8 Å². The summed E-state index contributed by atoms with van der Waals surface area (Å²) >= 11 is 0. The van der Waals surface area contributed by atoms with Crippen LogP contribution in [0, 0.1) is 17.5 Å². The average Bonchev–Trinajstić information content (AvgIpc) is 2.42. The number of hydrogen-bond acceptors (Lipinski definition) is 2. The third-order valence-corrected chi connectivity index (χ3v) is 3.17. The molecule has 2 N–H and O–H groups in total. The summed E-state index contributed by atoms with van der Waals surface area (Å²) in [5.41, 5.74) is -0.216. The lowest BCUT2D eigenvalue weighted by Gasteiger charge is -2.23. The van der Waals surface area contributed by atoms with Crippen LogP contribution in [0.1, 0.15) is 29.6 Å². The quantitative estimate of drug-likeness (QED) is 0.826. The molecule has 3 nitrogen and oxygen atoms in total. The van der Waals surface area contributed by atoms with Crippen molar-refractivity contribution < 1.29 is 18.0 Å². The van der Waals surface area contributed by atoms with E-state index in [1.807, 2.05) is 0 Å². The summed E-state index contributed by atoms with van der Waals surface area (Å²) in [7, 11) is 0. The molecule has 1 atom stereocenters. The molecule has 1 unspecified atom stereocenters. The van der Waals surface area contributed by atoms with Crippen molar-refractivity contribution in [1.29, 1.82) is 0 Å². The number of carbonyl (C=O) groups is 1. The van der Waals surface area contributed by atoms with Crippen molar-refractivity contribution >= 4 is 5.91 Å². The molecule has 0 saturated carbocycles. The molecule has 1 aromatic rings. The maximum Gasteiger partial charge on any atom is 0.251 e. The fourth-order valence-electron chi connectivity index (χ4n) is 2.10. The molecule has 1 aliphatic rings. The number of nitrogens with one attached hydrogen (secondary N) is 2. The molecule has 0 spiro atoms. The van der Waals surface area contributed by atoms with Gasteiger partial charge in [-0.1, -0.05) is 6.42 Å². The van der Waals surface area contributed by atoms with Crippen molar-refractivity contribution in [1.82, 2.24) is 10.6 Å². The first kappa shape index (κ1) is 13.9. The zero-order chi connectivity index (χ0) is 13.8. The van der Waals surface area contributed by atoms with Crippen LogP contribution in [-0.2, 0) is 0 Å². The molecule has 1 amide bonds. The molecule has 0 radical (unpaired) electrons. The fraction of sp³-hybridized carbons (Fsp3) is 0.462. The van der Waals surface area contributed by atoms with Gasteiger partial charge in [-0.15, -0.1) is 0 Å². The molecule has 104 valence electrons. The monoisotopic (exact) mass is 272 g/mol. The Bertz CT molecular complexity index is 450. The molecule has 2 rings (SSSR count). The van der Waals surface area contributed by atoms with Crippen LogP contribution in [-0.4, -0.2) is 25.0 Å². The van der Waals surface area contributed by atoms with Crippen LogP contribution in [0.5, 0.6) is 0 Å². The zero-order valence-corrected chi connectivity index (χ0v) is 10.3. The van der Waals surface area contributed by atoms with Crippen LogP contribution in [0.2, 0.25) is 0 Å². The van der Waals surface area contributed by atoms with Gasteiger partial charge in [0.05, 0.1) is 0 Å². The molecule has 1 heterocycles. The summed E-state index contributed by atoms with van der Waals surface area (Å²) in [6.07, 6.45) is 3.15. The zero-order valence-electron chi connectivity index (χ0n) is 10.3. The van der Waals surface area contributed by atoms with Gasteiger partial charge in [-0.3, -0.25) is 4.79 Å². The van der Waals surface area contributed by atoms with Gasteiger partial charge in [0, 0.05) is 18.2 Å². The normalized spacial score (nSPS) is 19.2. The fourth-order valence-corrected chi connectivity index (χ4v) is 2.10. The second kappa shape index (κ2) is 6.06. The first-order chi connectivity index (χ1) is 9.08. The molecule has 19 heavy (non-hydrogen) atoms. The Hall–Kier alpha value is -1.56. The molecule has 1 saturated heterocycles. The van der Waals surface area contributed by atoms with Crippen molar-refractivity contribution in [3.63, 3.8) is 0 Å². The SMILES string of the molecule is O=C(NCC1CCCCN1)c1cc(F)c(F)c(F)c1. The van der Waals surface area contributed by atoms with Crippen LogP contribution in [0.3, 0.4) is 0 Å². The first-order valence-corrected chi connectivity index (χ1v) is 6.24. The Morgan fingerprint density at radius 2 is 1.95 bits per heavy atom. The van der Waals surface area contributed by atoms with Crippen LogP contribution in [0.4, 0.5) is 13.2 Å².